The summed E-state index contributed by atoms with van der Waals surface area (Å²) in [6, 6.07) is 1.14. The van der Waals surface area contributed by atoms with E-state index in [9.17, 15) is 4.79 Å². The highest BCUT2D eigenvalue weighted by atomic mass is 35.5. The van der Waals surface area contributed by atoms with Crippen LogP contribution < -0.4 is 11.1 Å². The second-order valence-corrected chi connectivity index (χ2v) is 5.52. The summed E-state index contributed by atoms with van der Waals surface area (Å²) in [6.07, 6.45) is 0. The molecule has 106 valence electrons. The maximum absolute atomic E-state index is 11.0. The quantitative estimate of drug-likeness (QED) is 0.805. The molecule has 7 heteroatoms. The molecule has 0 bridgehead atoms. The van der Waals surface area contributed by atoms with Gasteiger partial charge in [-0.3, -0.25) is 4.79 Å². The monoisotopic (exact) mass is 286 g/mol. The fourth-order valence-electron chi connectivity index (χ4n) is 1.20. The van der Waals surface area contributed by atoms with Crippen molar-refractivity contribution in [3.8, 4) is 0 Å². The Hall–Kier alpha value is -1.40. The van der Waals surface area contributed by atoms with Gasteiger partial charge in [0.1, 0.15) is 11.9 Å². The average molecular weight is 287 g/mol. The largest absolute Gasteiger partial charge is 0.370 e. The van der Waals surface area contributed by atoms with Gasteiger partial charge < -0.3 is 15.8 Å². The second kappa shape index (κ2) is 6.16. The lowest BCUT2D eigenvalue weighted by Crippen LogP contribution is -2.32. The van der Waals surface area contributed by atoms with E-state index in [-0.39, 0.29) is 10.9 Å². The molecule has 0 aliphatic rings. The van der Waals surface area contributed by atoms with Crippen molar-refractivity contribution in [2.24, 2.45) is 5.73 Å². The van der Waals surface area contributed by atoms with E-state index in [0.717, 1.165) is 0 Å². The maximum Gasteiger partial charge on any atom is 0.239 e. The number of halogens is 1. The van der Waals surface area contributed by atoms with Gasteiger partial charge in [-0.15, -0.1) is 0 Å². The van der Waals surface area contributed by atoms with Gasteiger partial charge >= 0.3 is 0 Å². The van der Waals surface area contributed by atoms with Crippen LogP contribution in [0, 0.1) is 0 Å². The van der Waals surface area contributed by atoms with Crippen LogP contribution in [0.5, 0.6) is 0 Å². The van der Waals surface area contributed by atoms with Crippen molar-refractivity contribution in [3.05, 3.63) is 17.0 Å². The van der Waals surface area contributed by atoms with Crippen molar-refractivity contribution in [2.45, 2.75) is 45.9 Å². The predicted molar refractivity (Wildman–Crippen MR) is 73.9 cm³/mol. The highest BCUT2D eigenvalue weighted by Crippen LogP contribution is 2.15. The minimum absolute atomic E-state index is 0.0918. The Morgan fingerprint density at radius 2 is 2.16 bits per heavy atom. The first-order valence-electron chi connectivity index (χ1n) is 5.90. The van der Waals surface area contributed by atoms with E-state index < -0.39 is 11.9 Å². The maximum atomic E-state index is 11.0. The summed E-state index contributed by atoms with van der Waals surface area (Å²) >= 11 is 5.83. The molecule has 1 amide bonds. The van der Waals surface area contributed by atoms with Gasteiger partial charge in [-0.05, 0) is 39.3 Å². The van der Waals surface area contributed by atoms with Crippen LogP contribution in [0.1, 0.15) is 33.4 Å². The first-order valence-corrected chi connectivity index (χ1v) is 6.28. The van der Waals surface area contributed by atoms with Crippen LogP contribution in [-0.2, 0) is 16.1 Å². The number of rotatable bonds is 5. The van der Waals surface area contributed by atoms with Gasteiger partial charge in [0.15, 0.2) is 0 Å². The first-order chi connectivity index (χ1) is 8.67. The zero-order valence-corrected chi connectivity index (χ0v) is 12.3. The Balaban J connectivity index is 2.79. The lowest BCUT2D eigenvalue weighted by Gasteiger charge is -2.19. The summed E-state index contributed by atoms with van der Waals surface area (Å²) in [6.45, 7) is 7.80. The van der Waals surface area contributed by atoms with Crippen molar-refractivity contribution in [1.29, 1.82) is 0 Å². The molecule has 1 atom stereocenters. The lowest BCUT2D eigenvalue weighted by molar-refractivity contribution is -0.118. The fraction of sp³-hybridized carbons (Fsp3) is 0.583. The molecule has 6 nitrogen and oxygen atoms in total. The Bertz CT molecular complexity index is 460. The molecule has 19 heavy (non-hydrogen) atoms. The standard InChI is InChI=1S/C12H19ClN4O2/c1-7(10(14)18)15-9-5-8(16-11(13)17-9)6-19-12(2,3)4/h5,7H,6H2,1-4H3,(H2,14,18)(H,15,16,17). The van der Waals surface area contributed by atoms with Crippen LogP contribution in [0.2, 0.25) is 5.28 Å². The highest BCUT2D eigenvalue weighted by molar-refractivity contribution is 6.28. The summed E-state index contributed by atoms with van der Waals surface area (Å²) in [5.74, 6) is -0.0268. The molecule has 0 aromatic carbocycles. The lowest BCUT2D eigenvalue weighted by atomic mass is 10.2. The first kappa shape index (κ1) is 15.7. The van der Waals surface area contributed by atoms with Crippen LogP contribution in [0.3, 0.4) is 0 Å². The van der Waals surface area contributed by atoms with Crippen LogP contribution >= 0.6 is 11.6 Å². The van der Waals surface area contributed by atoms with Crippen LogP contribution in [0.15, 0.2) is 6.07 Å². The minimum atomic E-state index is -0.539. The van der Waals surface area contributed by atoms with Gasteiger partial charge in [-0.1, -0.05) is 0 Å². The van der Waals surface area contributed by atoms with E-state index in [1.165, 1.54) is 0 Å². The molecule has 1 heterocycles. The van der Waals surface area contributed by atoms with Crippen LogP contribution in [-0.4, -0.2) is 27.5 Å². The third kappa shape index (κ3) is 5.85. The summed E-state index contributed by atoms with van der Waals surface area (Å²) in [4.78, 5) is 19.0. The van der Waals surface area contributed by atoms with Crippen LogP contribution in [0.4, 0.5) is 5.82 Å². The van der Waals surface area contributed by atoms with E-state index in [1.54, 1.807) is 13.0 Å². The summed E-state index contributed by atoms with van der Waals surface area (Å²) in [5, 5.41) is 2.95. The number of carbonyl (C=O) groups excluding carboxylic acids is 1. The molecule has 0 spiro atoms. The van der Waals surface area contributed by atoms with E-state index in [4.69, 9.17) is 22.1 Å². The van der Waals surface area contributed by atoms with Crippen LogP contribution in [0.25, 0.3) is 0 Å². The molecule has 0 aliphatic heterocycles. The third-order valence-electron chi connectivity index (χ3n) is 2.20. The van der Waals surface area contributed by atoms with E-state index in [0.29, 0.717) is 18.1 Å². The Kier molecular flexibility index (Phi) is 5.08. The SMILES string of the molecule is CC(Nc1cc(COC(C)(C)C)nc(Cl)n1)C(N)=O. The predicted octanol–water partition coefficient (Wildman–Crippen LogP) is 1.73. The number of aromatic nitrogens is 2. The molecule has 1 aromatic rings. The van der Waals surface area contributed by atoms with E-state index in [1.807, 2.05) is 20.8 Å². The molecule has 1 aromatic heterocycles. The molecule has 0 saturated heterocycles. The number of nitrogens with two attached hydrogens (primary N) is 1. The van der Waals surface area contributed by atoms with Gasteiger partial charge in [0.05, 0.1) is 17.9 Å². The number of hydrogen-bond donors (Lipinski definition) is 2. The Labute approximate surface area is 117 Å². The average Bonchev–Trinajstić information content (AvgIpc) is 2.24. The minimum Gasteiger partial charge on any atom is -0.370 e. The number of anilines is 1. The summed E-state index contributed by atoms with van der Waals surface area (Å²) < 4.78 is 5.61. The van der Waals surface area contributed by atoms with Crippen molar-refractivity contribution in [3.63, 3.8) is 0 Å². The molecular formula is C12H19ClN4O2. The molecule has 0 radical (unpaired) electrons. The van der Waals surface area contributed by atoms with E-state index in [2.05, 4.69) is 15.3 Å². The molecule has 1 unspecified atom stereocenters. The summed E-state index contributed by atoms with van der Waals surface area (Å²) in [7, 11) is 0. The number of nitrogens with zero attached hydrogens (tertiary/aromatic N) is 2. The number of nitrogens with one attached hydrogen (secondary N) is 1. The number of ether oxygens (including phenoxy) is 1. The molecule has 0 fully saturated rings. The van der Waals surface area contributed by atoms with Gasteiger partial charge in [-0.2, -0.15) is 0 Å². The van der Waals surface area contributed by atoms with Crippen molar-refractivity contribution in [1.82, 2.24) is 9.97 Å². The zero-order valence-electron chi connectivity index (χ0n) is 11.5. The van der Waals surface area contributed by atoms with Gasteiger partial charge in [0.2, 0.25) is 11.2 Å². The summed E-state index contributed by atoms with van der Waals surface area (Å²) in [5.41, 5.74) is 5.53. The van der Waals surface area contributed by atoms with Crippen molar-refractivity contribution < 1.29 is 9.53 Å². The molecular weight excluding hydrogens is 268 g/mol. The molecule has 1 rings (SSSR count). The molecule has 0 aliphatic carbocycles. The third-order valence-corrected chi connectivity index (χ3v) is 2.37. The number of amides is 1. The molecule has 3 N–H and O–H groups in total. The van der Waals surface area contributed by atoms with Crippen molar-refractivity contribution >= 4 is 23.3 Å². The zero-order chi connectivity index (χ0) is 14.6. The normalized spacial score (nSPS) is 13.1. The Morgan fingerprint density at radius 3 is 2.68 bits per heavy atom. The van der Waals surface area contributed by atoms with Gasteiger partial charge in [-0.25, -0.2) is 9.97 Å². The number of primary amides is 1. The number of carbonyl (C=O) groups is 1. The number of hydrogen-bond acceptors (Lipinski definition) is 5. The van der Waals surface area contributed by atoms with E-state index >= 15 is 0 Å². The topological polar surface area (TPSA) is 90.1 Å². The van der Waals surface area contributed by atoms with Crippen molar-refractivity contribution in [2.75, 3.05) is 5.32 Å². The van der Waals surface area contributed by atoms with Gasteiger partial charge in [0.25, 0.3) is 0 Å². The fourth-order valence-corrected chi connectivity index (χ4v) is 1.40. The molecule has 0 saturated carbocycles. The Morgan fingerprint density at radius 1 is 1.53 bits per heavy atom. The van der Waals surface area contributed by atoms with Gasteiger partial charge in [0, 0.05) is 6.07 Å². The highest BCUT2D eigenvalue weighted by Gasteiger charge is 2.13. The smallest absolute Gasteiger partial charge is 0.239 e. The second-order valence-electron chi connectivity index (χ2n) is 5.18.